The van der Waals surface area contributed by atoms with Crippen LogP contribution >= 0.6 is 24.0 Å². The number of hydrogen-bond donors (Lipinski definition) is 2. The molecular weight excluding hydrogens is 450 g/mol. The van der Waals surface area contributed by atoms with Crippen LogP contribution in [0.2, 0.25) is 0 Å². The van der Waals surface area contributed by atoms with Gasteiger partial charge in [-0.25, -0.2) is 15.0 Å². The first-order valence-corrected chi connectivity index (χ1v) is 12.6. The van der Waals surface area contributed by atoms with Gasteiger partial charge in [-0.15, -0.1) is 0 Å². The molecular formula is C24H29N7S2. The maximum atomic E-state index is 5.51. The highest BCUT2D eigenvalue weighted by Gasteiger charge is 2.19. The average Bonchev–Trinajstić information content (AvgIpc) is 2.83. The van der Waals surface area contributed by atoms with E-state index in [1.165, 1.54) is 30.2 Å². The summed E-state index contributed by atoms with van der Waals surface area (Å²) in [7, 11) is 0. The number of aromatic nitrogens is 4. The highest BCUT2D eigenvalue weighted by molar-refractivity contribution is 7.99. The Bertz CT molecular complexity index is 1030. The lowest BCUT2D eigenvalue weighted by Gasteiger charge is -2.31. The van der Waals surface area contributed by atoms with Gasteiger partial charge in [0.05, 0.1) is 0 Å². The third-order valence-electron chi connectivity index (χ3n) is 5.53. The second-order valence-corrected chi connectivity index (χ2v) is 9.56. The zero-order chi connectivity index (χ0) is 22.9. The molecule has 7 nitrogen and oxygen atoms in total. The molecule has 9 heteroatoms. The van der Waals surface area contributed by atoms with Crippen LogP contribution in [0, 0.1) is 5.92 Å². The molecule has 1 aromatic carbocycles. The molecule has 0 unspecified atom stereocenters. The van der Waals surface area contributed by atoms with Crippen molar-refractivity contribution in [3.8, 4) is 0 Å². The monoisotopic (exact) mass is 479 g/mol. The minimum Gasteiger partial charge on any atom is -0.362 e. The second kappa shape index (κ2) is 11.9. The highest BCUT2D eigenvalue weighted by Crippen LogP contribution is 2.28. The lowest BCUT2D eigenvalue weighted by molar-refractivity contribution is 0.436. The van der Waals surface area contributed by atoms with Gasteiger partial charge in [-0.1, -0.05) is 37.3 Å². The topological polar surface area (TPSA) is 78.9 Å². The number of benzene rings is 1. The van der Waals surface area contributed by atoms with Crippen molar-refractivity contribution in [1.29, 1.82) is 0 Å². The van der Waals surface area contributed by atoms with E-state index in [0.717, 1.165) is 49.2 Å². The van der Waals surface area contributed by atoms with Crippen LogP contribution in [0.3, 0.4) is 0 Å². The third-order valence-corrected chi connectivity index (χ3v) is 6.59. The molecule has 1 aliphatic rings. The quantitative estimate of drug-likeness (QED) is 0.209. The van der Waals surface area contributed by atoms with Gasteiger partial charge >= 0.3 is 0 Å². The largest absolute Gasteiger partial charge is 0.362 e. The summed E-state index contributed by atoms with van der Waals surface area (Å²) in [5.41, 5.74) is 1.33. The number of thiocarbonyl (C=S) groups is 1. The van der Waals surface area contributed by atoms with Gasteiger partial charge in [0.2, 0.25) is 5.95 Å². The van der Waals surface area contributed by atoms with Crippen LogP contribution in [0.1, 0.15) is 31.7 Å². The first-order chi connectivity index (χ1) is 16.2. The van der Waals surface area contributed by atoms with E-state index in [1.54, 1.807) is 18.5 Å². The number of anilines is 2. The van der Waals surface area contributed by atoms with Crippen molar-refractivity contribution >= 4 is 40.9 Å². The molecule has 0 spiro atoms. The van der Waals surface area contributed by atoms with E-state index < -0.39 is 0 Å². The molecule has 0 aliphatic carbocycles. The van der Waals surface area contributed by atoms with Crippen molar-refractivity contribution in [1.82, 2.24) is 25.3 Å². The molecule has 0 amide bonds. The lowest BCUT2D eigenvalue weighted by Crippen LogP contribution is -2.34. The first-order valence-electron chi connectivity index (χ1n) is 11.3. The van der Waals surface area contributed by atoms with E-state index in [-0.39, 0.29) is 0 Å². The van der Waals surface area contributed by atoms with Crippen molar-refractivity contribution < 1.29 is 0 Å². The maximum Gasteiger partial charge on any atom is 0.232 e. The molecule has 3 aromatic rings. The summed E-state index contributed by atoms with van der Waals surface area (Å²) < 4.78 is 0. The van der Waals surface area contributed by atoms with E-state index in [1.807, 2.05) is 12.1 Å². The Balaban J connectivity index is 1.40. The number of nitrogens with one attached hydrogen (secondary N) is 2. The average molecular weight is 480 g/mol. The fourth-order valence-electron chi connectivity index (χ4n) is 3.64. The number of rotatable bonds is 8. The lowest BCUT2D eigenvalue weighted by atomic mass is 9.99. The molecule has 0 atom stereocenters. The van der Waals surface area contributed by atoms with Crippen LogP contribution in [0.4, 0.5) is 11.8 Å². The molecule has 1 saturated heterocycles. The predicted molar refractivity (Wildman–Crippen MR) is 138 cm³/mol. The van der Waals surface area contributed by atoms with Crippen molar-refractivity contribution in [3.05, 3.63) is 60.4 Å². The van der Waals surface area contributed by atoms with Gasteiger partial charge in [0.1, 0.15) is 10.8 Å². The van der Waals surface area contributed by atoms with Gasteiger partial charge in [-0.05, 0) is 67.2 Å². The maximum absolute atomic E-state index is 5.51. The van der Waals surface area contributed by atoms with Crippen molar-refractivity contribution in [3.63, 3.8) is 0 Å². The number of nitrogens with zero attached hydrogens (tertiary/aromatic N) is 5. The fraction of sp³-hybridized carbons (Fsp3) is 0.375. The van der Waals surface area contributed by atoms with Gasteiger partial charge in [0, 0.05) is 38.1 Å². The smallest absolute Gasteiger partial charge is 0.232 e. The zero-order valence-electron chi connectivity index (χ0n) is 18.8. The number of hydrogen-bond acceptors (Lipinski definition) is 7. The summed E-state index contributed by atoms with van der Waals surface area (Å²) in [5, 5.41) is 8.42. The molecule has 2 aromatic heterocycles. The molecule has 33 heavy (non-hydrogen) atoms. The van der Waals surface area contributed by atoms with Gasteiger partial charge in [-0.3, -0.25) is 0 Å². The Kier molecular flexibility index (Phi) is 8.43. The molecule has 172 valence electrons. The minimum atomic E-state index is 0.491. The first kappa shape index (κ1) is 23.4. The van der Waals surface area contributed by atoms with Gasteiger partial charge in [0.15, 0.2) is 10.3 Å². The standard InChI is InChI=1S/C24H29N7S2/c1-18-10-15-31(16-11-18)20-17-21(33-24-26-13-6-14-27-24)29-22(28-20)30-23(32)25-12-5-9-19-7-3-2-4-8-19/h2-4,6-8,13-14,17-18H,5,9-12,15-16H2,1H3,(H2,25,28,29,30,32). The Morgan fingerprint density at radius 3 is 2.61 bits per heavy atom. The molecule has 1 aliphatic heterocycles. The second-order valence-electron chi connectivity index (χ2n) is 8.16. The Morgan fingerprint density at radius 2 is 1.85 bits per heavy atom. The van der Waals surface area contributed by atoms with E-state index in [4.69, 9.17) is 17.2 Å². The van der Waals surface area contributed by atoms with Gasteiger partial charge in [-0.2, -0.15) is 4.98 Å². The number of aryl methyl sites for hydroxylation is 1. The van der Waals surface area contributed by atoms with Gasteiger partial charge in [0.25, 0.3) is 0 Å². The summed E-state index contributed by atoms with van der Waals surface area (Å²) in [6.07, 6.45) is 7.80. The molecule has 3 heterocycles. The van der Waals surface area contributed by atoms with E-state index in [9.17, 15) is 0 Å². The van der Waals surface area contributed by atoms with Crippen molar-refractivity contribution in [2.75, 3.05) is 29.9 Å². The van der Waals surface area contributed by atoms with Crippen LogP contribution in [0.25, 0.3) is 0 Å². The fourth-order valence-corrected chi connectivity index (χ4v) is 4.54. The van der Waals surface area contributed by atoms with Crippen LogP contribution in [-0.2, 0) is 6.42 Å². The molecule has 0 saturated carbocycles. The van der Waals surface area contributed by atoms with Crippen molar-refractivity contribution in [2.24, 2.45) is 5.92 Å². The van der Waals surface area contributed by atoms with Crippen LogP contribution in [0.5, 0.6) is 0 Å². The summed E-state index contributed by atoms with van der Waals surface area (Å²) in [6, 6.07) is 14.3. The van der Waals surface area contributed by atoms with Gasteiger partial charge < -0.3 is 15.5 Å². The Hall–Kier alpha value is -2.78. The molecule has 4 rings (SSSR count). The highest BCUT2D eigenvalue weighted by atomic mass is 32.2. The molecule has 0 bridgehead atoms. The van der Waals surface area contributed by atoms with Crippen LogP contribution < -0.4 is 15.5 Å². The van der Waals surface area contributed by atoms with Crippen LogP contribution in [-0.4, -0.2) is 44.7 Å². The number of piperidine rings is 1. The normalized spacial score (nSPS) is 14.2. The zero-order valence-corrected chi connectivity index (χ0v) is 20.4. The summed E-state index contributed by atoms with van der Waals surface area (Å²) in [6.45, 7) is 5.07. The van der Waals surface area contributed by atoms with E-state index in [2.05, 4.69) is 61.7 Å². The SMILES string of the molecule is CC1CCN(c2cc(Sc3ncccn3)nc(NC(=S)NCCCc3ccccc3)n2)CC1. The molecule has 0 radical (unpaired) electrons. The molecule has 2 N–H and O–H groups in total. The predicted octanol–water partition coefficient (Wildman–Crippen LogP) is 4.57. The summed E-state index contributed by atoms with van der Waals surface area (Å²) in [4.78, 5) is 20.4. The Labute approximate surface area is 204 Å². The van der Waals surface area contributed by atoms with E-state index in [0.29, 0.717) is 16.2 Å². The van der Waals surface area contributed by atoms with Crippen molar-refractivity contribution in [2.45, 2.75) is 42.8 Å². The summed E-state index contributed by atoms with van der Waals surface area (Å²) >= 11 is 6.93. The summed E-state index contributed by atoms with van der Waals surface area (Å²) in [5.74, 6) is 2.15. The minimum absolute atomic E-state index is 0.491. The third kappa shape index (κ3) is 7.36. The molecule has 1 fully saturated rings. The van der Waals surface area contributed by atoms with E-state index >= 15 is 0 Å². The van der Waals surface area contributed by atoms with Crippen LogP contribution in [0.15, 0.2) is 65.0 Å². The Morgan fingerprint density at radius 1 is 1.09 bits per heavy atom.